The van der Waals surface area contributed by atoms with E-state index in [0.29, 0.717) is 19.3 Å². The van der Waals surface area contributed by atoms with Crippen molar-refractivity contribution in [1.82, 2.24) is 16.0 Å². The Hall–Kier alpha value is -2.89. The maximum Gasteiger partial charge on any atom is 0.326 e. The minimum absolute atomic E-state index is 0.0848. The van der Waals surface area contributed by atoms with Gasteiger partial charge in [-0.3, -0.25) is 19.4 Å². The Balaban J connectivity index is 5.27. The predicted octanol–water partition coefficient (Wildman–Crippen LogP) is -0.982. The van der Waals surface area contributed by atoms with Gasteiger partial charge in [0.25, 0.3) is 0 Å². The Kier molecular flexibility index (Phi) is 13.7. The molecule has 12 heteroatoms. The van der Waals surface area contributed by atoms with Gasteiger partial charge in [-0.1, -0.05) is 40.5 Å². The fourth-order valence-electron chi connectivity index (χ4n) is 2.89. The predicted molar refractivity (Wildman–Crippen MR) is 126 cm³/mol. The Morgan fingerprint density at radius 3 is 1.94 bits per heavy atom. The zero-order valence-electron chi connectivity index (χ0n) is 20.3. The zero-order chi connectivity index (χ0) is 25.7. The van der Waals surface area contributed by atoms with Crippen LogP contribution in [0.1, 0.15) is 60.3 Å². The van der Waals surface area contributed by atoms with Crippen molar-refractivity contribution < 1.29 is 24.3 Å². The normalized spacial score (nSPS) is 16.3. The van der Waals surface area contributed by atoms with Crippen LogP contribution < -0.4 is 33.2 Å². The van der Waals surface area contributed by atoms with E-state index < -0.39 is 47.9 Å². The summed E-state index contributed by atoms with van der Waals surface area (Å²) in [5.74, 6) is -3.34. The molecule has 0 aromatic carbocycles. The van der Waals surface area contributed by atoms with Crippen molar-refractivity contribution in [2.45, 2.75) is 84.5 Å². The number of rotatable bonds is 15. The van der Waals surface area contributed by atoms with E-state index in [-0.39, 0.29) is 30.8 Å². The summed E-state index contributed by atoms with van der Waals surface area (Å²) in [5, 5.41) is 17.0. The molecule has 0 fully saturated rings. The van der Waals surface area contributed by atoms with E-state index in [1.165, 1.54) is 6.92 Å². The quantitative estimate of drug-likeness (QED) is 0.0892. The number of guanidine groups is 1. The highest BCUT2D eigenvalue weighted by Gasteiger charge is 2.30. The molecule has 3 amide bonds. The van der Waals surface area contributed by atoms with E-state index >= 15 is 0 Å². The summed E-state index contributed by atoms with van der Waals surface area (Å²) in [4.78, 5) is 53.2. The third kappa shape index (κ3) is 11.0. The van der Waals surface area contributed by atoms with Crippen LogP contribution in [0.15, 0.2) is 4.99 Å². The van der Waals surface area contributed by atoms with E-state index in [9.17, 15) is 24.3 Å². The van der Waals surface area contributed by atoms with Gasteiger partial charge in [0, 0.05) is 6.54 Å². The second kappa shape index (κ2) is 15.0. The van der Waals surface area contributed by atoms with Gasteiger partial charge in [-0.05, 0) is 31.6 Å². The van der Waals surface area contributed by atoms with Gasteiger partial charge in [-0.2, -0.15) is 0 Å². The minimum atomic E-state index is -1.15. The first-order valence-corrected chi connectivity index (χ1v) is 11.3. The number of nitrogens with zero attached hydrogens (tertiary/aromatic N) is 1. The van der Waals surface area contributed by atoms with Crippen molar-refractivity contribution in [2.24, 2.45) is 34.0 Å². The molecule has 0 aliphatic rings. The molecule has 6 unspecified atom stereocenters. The number of hydrogen-bond acceptors (Lipinski definition) is 6. The molecule has 10 N–H and O–H groups in total. The molecule has 6 atom stereocenters. The molecule has 0 bridgehead atoms. The topological polar surface area (TPSA) is 215 Å². The van der Waals surface area contributed by atoms with Crippen molar-refractivity contribution >= 4 is 29.7 Å². The monoisotopic (exact) mass is 471 g/mol. The van der Waals surface area contributed by atoms with Crippen molar-refractivity contribution in [3.05, 3.63) is 0 Å². The number of hydrogen-bond donors (Lipinski definition) is 7. The lowest BCUT2D eigenvalue weighted by molar-refractivity contribution is -0.143. The largest absolute Gasteiger partial charge is 0.480 e. The van der Waals surface area contributed by atoms with Gasteiger partial charge in [0.05, 0.1) is 6.04 Å². The molecule has 0 aliphatic heterocycles. The molecule has 0 heterocycles. The molecule has 0 aromatic heterocycles. The van der Waals surface area contributed by atoms with E-state index in [1.807, 2.05) is 20.8 Å². The Labute approximate surface area is 195 Å². The Bertz CT molecular complexity index is 696. The second-order valence-corrected chi connectivity index (χ2v) is 8.36. The van der Waals surface area contributed by atoms with Crippen LogP contribution in [0.4, 0.5) is 0 Å². The molecule has 0 saturated carbocycles. The van der Waals surface area contributed by atoms with Gasteiger partial charge in [0.15, 0.2) is 5.96 Å². The van der Waals surface area contributed by atoms with Crippen molar-refractivity contribution in [2.75, 3.05) is 6.54 Å². The number of carboxylic acid groups (broad SMARTS) is 1. The molecule has 0 rings (SSSR count). The van der Waals surface area contributed by atoms with E-state index in [0.717, 1.165) is 0 Å². The number of carbonyl (C=O) groups is 4. The Morgan fingerprint density at radius 2 is 1.45 bits per heavy atom. The van der Waals surface area contributed by atoms with Gasteiger partial charge in [0.1, 0.15) is 18.1 Å². The standard InChI is InChI=1S/C21H41N7O5/c1-6-11(3)15(22)19(31)27-14(9-8-10-25-21(23)24)18(30)26-13(5)17(29)28-16(20(32)33)12(4)7-2/h11-16H,6-10,22H2,1-5H3,(H,26,30)(H,27,31)(H,28,29)(H,32,33)(H4,23,24,25). The average molecular weight is 472 g/mol. The molecule has 0 radical (unpaired) electrons. The maximum absolute atomic E-state index is 12.8. The Morgan fingerprint density at radius 1 is 0.879 bits per heavy atom. The van der Waals surface area contributed by atoms with E-state index in [4.69, 9.17) is 17.2 Å². The fraction of sp³-hybridized carbons (Fsp3) is 0.762. The SMILES string of the molecule is CCC(C)C(N)C(=O)NC(CCCN=C(N)N)C(=O)NC(C)C(=O)NC(C(=O)O)C(C)CC. The van der Waals surface area contributed by atoms with Crippen LogP contribution in [0.2, 0.25) is 0 Å². The highest BCUT2D eigenvalue weighted by molar-refractivity contribution is 5.94. The highest BCUT2D eigenvalue weighted by Crippen LogP contribution is 2.09. The van der Waals surface area contributed by atoms with Gasteiger partial charge in [-0.25, -0.2) is 4.79 Å². The molecule has 12 nitrogen and oxygen atoms in total. The first kappa shape index (κ1) is 30.1. The fourth-order valence-corrected chi connectivity index (χ4v) is 2.89. The molecular formula is C21H41N7O5. The smallest absolute Gasteiger partial charge is 0.326 e. The number of amides is 3. The zero-order valence-corrected chi connectivity index (χ0v) is 20.3. The second-order valence-electron chi connectivity index (χ2n) is 8.36. The van der Waals surface area contributed by atoms with Crippen LogP contribution in [0, 0.1) is 11.8 Å². The summed E-state index contributed by atoms with van der Waals surface area (Å²) in [5.41, 5.74) is 16.6. The number of carboxylic acids is 1. The lowest BCUT2D eigenvalue weighted by atomic mass is 9.98. The number of aliphatic imine (C=N–C) groups is 1. The molecule has 0 spiro atoms. The van der Waals surface area contributed by atoms with Crippen molar-refractivity contribution in [1.29, 1.82) is 0 Å². The van der Waals surface area contributed by atoms with Crippen LogP contribution in [0.3, 0.4) is 0 Å². The van der Waals surface area contributed by atoms with Gasteiger partial charge in [-0.15, -0.1) is 0 Å². The first-order chi connectivity index (χ1) is 15.3. The third-order valence-electron chi connectivity index (χ3n) is 5.67. The number of carbonyl (C=O) groups excluding carboxylic acids is 3. The van der Waals surface area contributed by atoms with Crippen LogP contribution in [0.25, 0.3) is 0 Å². The van der Waals surface area contributed by atoms with Crippen LogP contribution in [-0.4, -0.2) is 65.5 Å². The summed E-state index contributed by atoms with van der Waals surface area (Å²) in [7, 11) is 0. The van der Waals surface area contributed by atoms with Crippen LogP contribution >= 0.6 is 0 Å². The van der Waals surface area contributed by atoms with Crippen LogP contribution in [0.5, 0.6) is 0 Å². The summed E-state index contributed by atoms with van der Waals surface area (Å²) < 4.78 is 0. The maximum atomic E-state index is 12.8. The lowest BCUT2D eigenvalue weighted by Gasteiger charge is -2.25. The van der Waals surface area contributed by atoms with Crippen molar-refractivity contribution in [3.63, 3.8) is 0 Å². The minimum Gasteiger partial charge on any atom is -0.480 e. The molecule has 0 aliphatic carbocycles. The van der Waals surface area contributed by atoms with Gasteiger partial charge < -0.3 is 38.3 Å². The van der Waals surface area contributed by atoms with Gasteiger partial charge in [0.2, 0.25) is 17.7 Å². The van der Waals surface area contributed by atoms with E-state index in [2.05, 4.69) is 20.9 Å². The summed E-state index contributed by atoms with van der Waals surface area (Å²) in [6.45, 7) is 8.96. The third-order valence-corrected chi connectivity index (χ3v) is 5.67. The van der Waals surface area contributed by atoms with E-state index in [1.54, 1.807) is 6.92 Å². The molecule has 190 valence electrons. The highest BCUT2D eigenvalue weighted by atomic mass is 16.4. The first-order valence-electron chi connectivity index (χ1n) is 11.3. The average Bonchev–Trinajstić information content (AvgIpc) is 2.76. The number of nitrogens with two attached hydrogens (primary N) is 3. The van der Waals surface area contributed by atoms with Crippen molar-refractivity contribution in [3.8, 4) is 0 Å². The summed E-state index contributed by atoms with van der Waals surface area (Å²) in [6, 6.07) is -3.87. The van der Waals surface area contributed by atoms with Crippen LogP contribution in [-0.2, 0) is 19.2 Å². The van der Waals surface area contributed by atoms with Gasteiger partial charge >= 0.3 is 5.97 Å². The lowest BCUT2D eigenvalue weighted by Crippen LogP contribution is -2.57. The molecule has 0 aromatic rings. The summed E-state index contributed by atoms with van der Waals surface area (Å²) in [6.07, 6.45) is 1.84. The molecular weight excluding hydrogens is 430 g/mol. The molecule has 33 heavy (non-hydrogen) atoms. The number of nitrogens with one attached hydrogen (secondary N) is 3. The number of aliphatic carboxylic acids is 1. The molecule has 0 saturated heterocycles. The summed E-state index contributed by atoms with van der Waals surface area (Å²) >= 11 is 0.